The molecule has 1 fully saturated rings. The van der Waals surface area contributed by atoms with Crippen molar-refractivity contribution in [2.24, 2.45) is 0 Å². The van der Waals surface area contributed by atoms with Crippen LogP contribution < -0.4 is 10.5 Å². The maximum absolute atomic E-state index is 12.9. The van der Waals surface area contributed by atoms with E-state index in [1.807, 2.05) is 30.3 Å². The lowest BCUT2D eigenvalue weighted by Gasteiger charge is -2.17. The number of hydrogen-bond acceptors (Lipinski definition) is 7. The van der Waals surface area contributed by atoms with Gasteiger partial charge in [0.25, 0.3) is 10.0 Å². The Morgan fingerprint density at radius 1 is 1.16 bits per heavy atom. The number of aromatic nitrogens is 2. The Morgan fingerprint density at radius 2 is 2.03 bits per heavy atom. The zero-order chi connectivity index (χ0) is 21.6. The second-order valence-electron chi connectivity index (χ2n) is 7.43. The fourth-order valence-corrected chi connectivity index (χ4v) is 6.37. The molecule has 1 amide bonds. The van der Waals surface area contributed by atoms with Crippen LogP contribution in [0.3, 0.4) is 0 Å². The summed E-state index contributed by atoms with van der Waals surface area (Å²) in [6.07, 6.45) is 3.69. The number of nitrogen functional groups attached to an aromatic ring is 1. The third-order valence-corrected chi connectivity index (χ3v) is 8.39. The van der Waals surface area contributed by atoms with Gasteiger partial charge in [-0.05, 0) is 47.7 Å². The minimum absolute atomic E-state index is 0.157. The van der Waals surface area contributed by atoms with Crippen LogP contribution in [-0.4, -0.2) is 41.8 Å². The Balaban J connectivity index is 1.32. The molecule has 1 aliphatic heterocycles. The molecule has 3 N–H and O–H groups in total. The minimum atomic E-state index is -3.81. The van der Waals surface area contributed by atoms with E-state index in [1.165, 1.54) is 6.07 Å². The summed E-state index contributed by atoms with van der Waals surface area (Å²) in [7, 11) is -3.81. The molecule has 31 heavy (non-hydrogen) atoms. The van der Waals surface area contributed by atoms with Crippen molar-refractivity contribution in [2.75, 3.05) is 12.3 Å². The Labute approximate surface area is 182 Å². The molecule has 0 aliphatic carbocycles. The molecule has 1 aromatic carbocycles. The molecule has 1 saturated heterocycles. The van der Waals surface area contributed by atoms with Gasteiger partial charge in [0.15, 0.2) is 0 Å². The van der Waals surface area contributed by atoms with E-state index in [2.05, 4.69) is 14.7 Å². The molecule has 0 saturated carbocycles. The van der Waals surface area contributed by atoms with Crippen LogP contribution in [0.2, 0.25) is 0 Å². The Hall–Kier alpha value is -3.08. The van der Waals surface area contributed by atoms with Crippen molar-refractivity contribution in [3.05, 3.63) is 60.4 Å². The van der Waals surface area contributed by atoms with Crippen molar-refractivity contribution >= 4 is 54.1 Å². The van der Waals surface area contributed by atoms with Crippen molar-refractivity contribution in [1.82, 2.24) is 19.6 Å². The second kappa shape index (κ2) is 7.56. The van der Waals surface area contributed by atoms with Gasteiger partial charge in [-0.3, -0.25) is 9.78 Å². The summed E-state index contributed by atoms with van der Waals surface area (Å²) >= 11 is 1.14. The van der Waals surface area contributed by atoms with Crippen LogP contribution in [0.5, 0.6) is 0 Å². The quantitative estimate of drug-likeness (QED) is 0.479. The number of nitrogens with one attached hydrogen (secondary N) is 1. The summed E-state index contributed by atoms with van der Waals surface area (Å²) in [5.41, 5.74) is 7.50. The molecule has 8 nitrogen and oxygen atoms in total. The smallest absolute Gasteiger partial charge is 0.250 e. The number of hydrogen-bond donors (Lipinski definition) is 2. The average molecular weight is 454 g/mol. The molecule has 1 aliphatic rings. The highest BCUT2D eigenvalue weighted by atomic mass is 32.2. The lowest BCUT2D eigenvalue weighted by atomic mass is 10.1. The van der Waals surface area contributed by atoms with Gasteiger partial charge in [0.2, 0.25) is 5.91 Å². The average Bonchev–Trinajstić information content (AvgIpc) is 3.34. The van der Waals surface area contributed by atoms with Gasteiger partial charge in [-0.2, -0.15) is 4.72 Å². The van der Waals surface area contributed by atoms with Crippen molar-refractivity contribution in [1.29, 1.82) is 0 Å². The number of nitrogens with zero attached hydrogens (tertiary/aromatic N) is 3. The number of fused-ring (bicyclic) bond motifs is 2. The summed E-state index contributed by atoms with van der Waals surface area (Å²) in [6.45, 7) is 0.856. The van der Waals surface area contributed by atoms with Crippen molar-refractivity contribution in [2.45, 2.75) is 23.2 Å². The van der Waals surface area contributed by atoms with Crippen LogP contribution in [-0.2, 0) is 21.4 Å². The molecule has 158 valence electrons. The number of nitrogens with two attached hydrogens (primary N) is 1. The van der Waals surface area contributed by atoms with Gasteiger partial charge >= 0.3 is 0 Å². The molecule has 0 bridgehead atoms. The molecule has 5 rings (SSSR count). The van der Waals surface area contributed by atoms with E-state index in [4.69, 9.17) is 5.73 Å². The number of rotatable bonds is 5. The van der Waals surface area contributed by atoms with E-state index >= 15 is 0 Å². The molecule has 1 atom stereocenters. The fourth-order valence-electron chi connectivity index (χ4n) is 3.79. The minimum Gasteiger partial charge on any atom is -0.383 e. The zero-order valence-electron chi connectivity index (χ0n) is 16.4. The summed E-state index contributed by atoms with van der Waals surface area (Å²) < 4.78 is 29.2. The van der Waals surface area contributed by atoms with Crippen molar-refractivity contribution in [3.63, 3.8) is 0 Å². The predicted molar refractivity (Wildman–Crippen MR) is 120 cm³/mol. The van der Waals surface area contributed by atoms with Gasteiger partial charge in [-0.1, -0.05) is 12.1 Å². The first kappa shape index (κ1) is 19.9. The third-order valence-electron chi connectivity index (χ3n) is 5.36. The largest absolute Gasteiger partial charge is 0.383 e. The van der Waals surface area contributed by atoms with E-state index in [-0.39, 0.29) is 10.1 Å². The molecule has 0 radical (unpaired) electrons. The van der Waals surface area contributed by atoms with E-state index in [0.29, 0.717) is 30.8 Å². The number of likely N-dealkylation sites (tertiary alicyclic amines) is 1. The maximum Gasteiger partial charge on any atom is 0.250 e. The normalized spacial score (nSPS) is 17.1. The molecule has 4 aromatic rings. The van der Waals surface area contributed by atoms with Crippen LogP contribution in [0, 0.1) is 0 Å². The number of carbonyl (C=O) groups is 1. The van der Waals surface area contributed by atoms with Gasteiger partial charge in [0.1, 0.15) is 16.1 Å². The van der Waals surface area contributed by atoms with Crippen molar-refractivity contribution in [3.8, 4) is 0 Å². The second-order valence-corrected chi connectivity index (χ2v) is 10.5. The van der Waals surface area contributed by atoms with Gasteiger partial charge in [-0.25, -0.2) is 13.4 Å². The standard InChI is InChI=1S/C21H19N5O3S2/c22-20-15-10-13(3-4-14(15)5-8-24-20)12-26-9-6-16(21(26)27)25-31(28,29)19-11-17-18(30-19)2-1-7-23-17/h1-5,7-8,10-11,16,25H,6,9,12H2,(H2,22,24). The third kappa shape index (κ3) is 3.73. The highest BCUT2D eigenvalue weighted by Gasteiger charge is 2.35. The lowest BCUT2D eigenvalue weighted by molar-refractivity contribution is -0.129. The van der Waals surface area contributed by atoms with E-state index in [0.717, 1.165) is 32.4 Å². The van der Waals surface area contributed by atoms with Crippen LogP contribution in [0.25, 0.3) is 21.0 Å². The fraction of sp³-hybridized carbons (Fsp3) is 0.190. The van der Waals surface area contributed by atoms with E-state index < -0.39 is 16.1 Å². The van der Waals surface area contributed by atoms with E-state index in [1.54, 1.807) is 23.4 Å². The van der Waals surface area contributed by atoms with Gasteiger partial charge in [-0.15, -0.1) is 11.3 Å². The lowest BCUT2D eigenvalue weighted by Crippen LogP contribution is -2.41. The highest BCUT2D eigenvalue weighted by Crippen LogP contribution is 2.28. The first-order chi connectivity index (χ1) is 14.9. The predicted octanol–water partition coefficient (Wildman–Crippen LogP) is 2.51. The van der Waals surface area contributed by atoms with Gasteiger partial charge in [0.05, 0.1) is 10.2 Å². The first-order valence-electron chi connectivity index (χ1n) is 9.69. The number of amides is 1. The van der Waals surface area contributed by atoms with Crippen molar-refractivity contribution < 1.29 is 13.2 Å². The summed E-state index contributed by atoms with van der Waals surface area (Å²) in [5.74, 6) is 0.206. The maximum atomic E-state index is 12.9. The van der Waals surface area contributed by atoms with Crippen LogP contribution in [0.15, 0.2) is 59.1 Å². The molecule has 3 aromatic heterocycles. The molecular weight excluding hydrogens is 434 g/mol. The number of sulfonamides is 1. The number of carbonyl (C=O) groups excluding carboxylic acids is 1. The molecule has 4 heterocycles. The number of thiophene rings is 1. The Morgan fingerprint density at radius 3 is 2.87 bits per heavy atom. The zero-order valence-corrected chi connectivity index (χ0v) is 18.0. The molecular formula is C21H19N5O3S2. The summed E-state index contributed by atoms with van der Waals surface area (Å²) in [6, 6.07) is 12.0. The first-order valence-corrected chi connectivity index (χ1v) is 12.0. The van der Waals surface area contributed by atoms with Gasteiger partial charge < -0.3 is 10.6 Å². The van der Waals surface area contributed by atoms with Gasteiger partial charge in [0, 0.05) is 30.9 Å². The van der Waals surface area contributed by atoms with E-state index in [9.17, 15) is 13.2 Å². The molecule has 1 unspecified atom stereocenters. The molecule has 0 spiro atoms. The Kier molecular flexibility index (Phi) is 4.84. The monoisotopic (exact) mass is 453 g/mol. The number of anilines is 1. The topological polar surface area (TPSA) is 118 Å². The summed E-state index contributed by atoms with van der Waals surface area (Å²) in [4.78, 5) is 22.8. The van der Waals surface area contributed by atoms with Crippen LogP contribution >= 0.6 is 11.3 Å². The van der Waals surface area contributed by atoms with Crippen LogP contribution in [0.4, 0.5) is 5.82 Å². The Bertz CT molecular complexity index is 1380. The summed E-state index contributed by atoms with van der Waals surface area (Å²) in [5, 5.41) is 1.81. The SMILES string of the molecule is Nc1nccc2ccc(CN3CCC(NS(=O)(=O)c4cc5ncccc5s4)C3=O)cc12. The van der Waals surface area contributed by atoms with Crippen LogP contribution in [0.1, 0.15) is 12.0 Å². The number of pyridine rings is 2. The highest BCUT2D eigenvalue weighted by molar-refractivity contribution is 7.91. The number of benzene rings is 1. The molecule has 10 heteroatoms.